The monoisotopic (exact) mass is 414 g/mol. The Labute approximate surface area is 178 Å². The Morgan fingerprint density at radius 1 is 1.00 bits per heavy atom. The van der Waals surface area contributed by atoms with E-state index in [-0.39, 0.29) is 11.9 Å². The molecule has 1 fully saturated rings. The quantitative estimate of drug-likeness (QED) is 0.468. The molecule has 5 rings (SSSR count). The fraction of sp³-hybridized carbons (Fsp3) is 0.227. The van der Waals surface area contributed by atoms with E-state index < -0.39 is 0 Å². The molecule has 0 unspecified atom stereocenters. The van der Waals surface area contributed by atoms with Crippen LogP contribution >= 0.6 is 0 Å². The lowest BCUT2D eigenvalue weighted by atomic mass is 10.0. The Bertz CT molecular complexity index is 1230. The third-order valence-electron chi connectivity index (χ3n) is 5.49. The predicted octanol–water partition coefficient (Wildman–Crippen LogP) is 3.24. The average Bonchev–Trinajstić information content (AvgIpc) is 3.25. The number of hydrogen-bond donors (Lipinski definition) is 3. The molecule has 9 heteroatoms. The van der Waals surface area contributed by atoms with Crippen LogP contribution in [0.5, 0.6) is 0 Å². The molecule has 1 amide bonds. The number of pyridine rings is 1. The van der Waals surface area contributed by atoms with E-state index in [9.17, 15) is 4.79 Å². The Morgan fingerprint density at radius 3 is 2.61 bits per heavy atom. The first-order valence-corrected chi connectivity index (χ1v) is 10.2. The number of carbonyl (C=O) groups is 1. The second-order valence-corrected chi connectivity index (χ2v) is 7.60. The zero-order valence-electron chi connectivity index (χ0n) is 16.9. The fourth-order valence-electron chi connectivity index (χ4n) is 3.87. The molecule has 4 N–H and O–H groups in total. The molecule has 0 radical (unpaired) electrons. The van der Waals surface area contributed by atoms with Gasteiger partial charge >= 0.3 is 0 Å². The van der Waals surface area contributed by atoms with Gasteiger partial charge in [0.15, 0.2) is 5.69 Å². The minimum Gasteiger partial charge on any atom is -0.370 e. The van der Waals surface area contributed by atoms with Gasteiger partial charge in [-0.15, -0.1) is 0 Å². The van der Waals surface area contributed by atoms with Crippen LogP contribution in [0.25, 0.3) is 22.0 Å². The zero-order valence-corrected chi connectivity index (χ0v) is 16.9. The van der Waals surface area contributed by atoms with Crippen LogP contribution in [0.3, 0.4) is 0 Å². The Balaban J connectivity index is 1.45. The molecule has 1 aromatic carbocycles. The first-order chi connectivity index (χ1) is 15.2. The van der Waals surface area contributed by atoms with E-state index >= 15 is 0 Å². The van der Waals surface area contributed by atoms with Gasteiger partial charge in [-0.3, -0.25) is 14.9 Å². The third kappa shape index (κ3) is 3.89. The van der Waals surface area contributed by atoms with Crippen molar-refractivity contribution in [2.45, 2.75) is 19.3 Å². The highest BCUT2D eigenvalue weighted by Crippen LogP contribution is 2.29. The maximum Gasteiger partial charge on any atom is 0.276 e. The lowest BCUT2D eigenvalue weighted by Crippen LogP contribution is -2.29. The number of amides is 1. The van der Waals surface area contributed by atoms with Crippen LogP contribution in [0.15, 0.2) is 49.1 Å². The Morgan fingerprint density at radius 2 is 1.81 bits per heavy atom. The van der Waals surface area contributed by atoms with Gasteiger partial charge in [0.2, 0.25) is 5.95 Å². The molecule has 1 aliphatic rings. The maximum atomic E-state index is 12.8. The maximum absolute atomic E-state index is 12.8. The number of nitrogens with zero attached hydrogens (tertiary/aromatic N) is 5. The molecule has 4 aromatic rings. The van der Waals surface area contributed by atoms with Gasteiger partial charge in [-0.1, -0.05) is 6.07 Å². The topological polar surface area (TPSA) is 126 Å². The number of nitrogen functional groups attached to an aromatic ring is 1. The molecule has 156 valence electrons. The number of rotatable bonds is 4. The van der Waals surface area contributed by atoms with Crippen molar-refractivity contribution < 1.29 is 4.79 Å². The molecule has 1 aliphatic heterocycles. The summed E-state index contributed by atoms with van der Waals surface area (Å²) >= 11 is 0. The molecule has 1 saturated heterocycles. The highest BCUT2D eigenvalue weighted by atomic mass is 16.1. The summed E-state index contributed by atoms with van der Waals surface area (Å²) in [7, 11) is 0. The summed E-state index contributed by atoms with van der Waals surface area (Å²) in [5, 5.41) is 10.6. The van der Waals surface area contributed by atoms with Crippen LogP contribution in [0.2, 0.25) is 0 Å². The minimum absolute atomic E-state index is 0.147. The smallest absolute Gasteiger partial charge is 0.276 e. The number of hydrogen-bond acceptors (Lipinski definition) is 7. The number of nitrogens with two attached hydrogens (primary N) is 1. The third-order valence-corrected chi connectivity index (χ3v) is 5.49. The molecule has 0 aliphatic carbocycles. The van der Waals surface area contributed by atoms with Gasteiger partial charge in [0.05, 0.1) is 35.5 Å². The van der Waals surface area contributed by atoms with Crippen molar-refractivity contribution in [2.75, 3.05) is 29.0 Å². The molecule has 31 heavy (non-hydrogen) atoms. The van der Waals surface area contributed by atoms with Crippen molar-refractivity contribution in [1.29, 1.82) is 0 Å². The van der Waals surface area contributed by atoms with E-state index in [1.165, 1.54) is 31.7 Å². The summed E-state index contributed by atoms with van der Waals surface area (Å²) in [6.07, 6.45) is 10.4. The van der Waals surface area contributed by atoms with Crippen LogP contribution in [0.1, 0.15) is 29.8 Å². The molecule has 0 spiro atoms. The fourth-order valence-corrected chi connectivity index (χ4v) is 3.87. The SMILES string of the molecule is Nc1ncc(NC(=O)c2n[nH]c3ccc(-c4cncc(N5CCCCC5)c4)cc23)cn1. The lowest BCUT2D eigenvalue weighted by Gasteiger charge is -2.28. The van der Waals surface area contributed by atoms with Crippen molar-refractivity contribution >= 4 is 34.1 Å². The normalized spacial score (nSPS) is 14.0. The van der Waals surface area contributed by atoms with E-state index in [0.717, 1.165) is 40.8 Å². The molecule has 4 heterocycles. The molecule has 0 atom stereocenters. The van der Waals surface area contributed by atoms with Gasteiger partial charge in [-0.05, 0) is 43.0 Å². The Kier molecular flexibility index (Phi) is 4.91. The summed E-state index contributed by atoms with van der Waals surface area (Å²) in [4.78, 5) is 27.4. The number of fused-ring (bicyclic) bond motifs is 1. The average molecular weight is 414 g/mol. The van der Waals surface area contributed by atoms with Crippen LogP contribution in [-0.2, 0) is 0 Å². The van der Waals surface area contributed by atoms with Crippen molar-refractivity contribution in [2.24, 2.45) is 0 Å². The second kappa shape index (κ2) is 8.02. The standard InChI is InChI=1S/C22H22N8O/c23-22-25-11-16(12-26-22)27-21(31)20-18-9-14(4-5-19(18)28-29-20)15-8-17(13-24-10-15)30-6-2-1-3-7-30/h4-5,8-13H,1-3,6-7H2,(H,27,31)(H,28,29)(H2,23,25,26). The second-order valence-electron chi connectivity index (χ2n) is 7.60. The number of H-pyrrole nitrogens is 1. The van der Waals surface area contributed by atoms with Crippen LogP contribution in [0.4, 0.5) is 17.3 Å². The van der Waals surface area contributed by atoms with Crippen molar-refractivity contribution in [3.8, 4) is 11.1 Å². The summed E-state index contributed by atoms with van der Waals surface area (Å²) in [5.41, 5.74) is 10.1. The summed E-state index contributed by atoms with van der Waals surface area (Å²) in [6, 6.07) is 8.05. The van der Waals surface area contributed by atoms with E-state index in [1.54, 1.807) is 0 Å². The largest absolute Gasteiger partial charge is 0.370 e. The minimum atomic E-state index is -0.350. The van der Waals surface area contributed by atoms with Gasteiger partial charge in [0, 0.05) is 30.2 Å². The number of anilines is 3. The molecular weight excluding hydrogens is 392 g/mol. The van der Waals surface area contributed by atoms with Crippen molar-refractivity contribution in [3.05, 3.63) is 54.7 Å². The van der Waals surface area contributed by atoms with E-state index in [4.69, 9.17) is 5.73 Å². The summed E-state index contributed by atoms with van der Waals surface area (Å²) < 4.78 is 0. The number of aromatic nitrogens is 5. The van der Waals surface area contributed by atoms with Gasteiger partial charge in [0.25, 0.3) is 5.91 Å². The molecular formula is C22H22N8O. The number of benzene rings is 1. The van der Waals surface area contributed by atoms with E-state index in [1.807, 2.05) is 30.6 Å². The van der Waals surface area contributed by atoms with Gasteiger partial charge in [-0.2, -0.15) is 5.10 Å². The zero-order chi connectivity index (χ0) is 21.2. The van der Waals surface area contributed by atoms with E-state index in [0.29, 0.717) is 11.4 Å². The summed E-state index contributed by atoms with van der Waals surface area (Å²) in [5.74, 6) is -0.204. The van der Waals surface area contributed by atoms with Gasteiger partial charge < -0.3 is 16.0 Å². The van der Waals surface area contributed by atoms with Gasteiger partial charge in [-0.25, -0.2) is 9.97 Å². The number of piperidine rings is 1. The first-order valence-electron chi connectivity index (χ1n) is 10.2. The van der Waals surface area contributed by atoms with Crippen LogP contribution in [0, 0.1) is 0 Å². The number of nitrogens with one attached hydrogen (secondary N) is 2. The first kappa shape index (κ1) is 19.0. The predicted molar refractivity (Wildman–Crippen MR) is 120 cm³/mol. The van der Waals surface area contributed by atoms with Gasteiger partial charge in [0.1, 0.15) is 0 Å². The van der Waals surface area contributed by atoms with Crippen LogP contribution in [-0.4, -0.2) is 44.1 Å². The molecule has 9 nitrogen and oxygen atoms in total. The van der Waals surface area contributed by atoms with E-state index in [2.05, 4.69) is 41.4 Å². The molecule has 0 bridgehead atoms. The Hall–Kier alpha value is -4.01. The highest BCUT2D eigenvalue weighted by molar-refractivity contribution is 6.11. The number of carbonyl (C=O) groups excluding carboxylic acids is 1. The summed E-state index contributed by atoms with van der Waals surface area (Å²) in [6.45, 7) is 2.12. The molecule has 0 saturated carbocycles. The highest BCUT2D eigenvalue weighted by Gasteiger charge is 2.17. The van der Waals surface area contributed by atoms with Crippen LogP contribution < -0.4 is 16.0 Å². The number of aromatic amines is 1. The van der Waals surface area contributed by atoms with Crippen molar-refractivity contribution in [1.82, 2.24) is 25.1 Å². The molecule has 3 aromatic heterocycles. The lowest BCUT2D eigenvalue weighted by molar-refractivity contribution is 0.102. The van der Waals surface area contributed by atoms with Crippen molar-refractivity contribution in [3.63, 3.8) is 0 Å².